The highest BCUT2D eigenvalue weighted by Gasteiger charge is 2.11. The van der Waals surface area contributed by atoms with Crippen molar-refractivity contribution in [1.82, 2.24) is 4.98 Å². The number of hydrogen-bond donors (Lipinski definition) is 3. The molecule has 2 rings (SSSR count). The van der Waals surface area contributed by atoms with Crippen LogP contribution in [0, 0.1) is 0 Å². The standard InChI is InChI=1S/C12H16N4S/c1-2-11(12-15-5-6-17-12)16-8-3-4-9(13)10(14)7-8/h3-7,11,16H,2,13-14H2,1H3. The number of aromatic nitrogens is 1. The van der Waals surface area contributed by atoms with E-state index in [1.165, 1.54) is 0 Å². The highest BCUT2D eigenvalue weighted by atomic mass is 32.1. The molecular weight excluding hydrogens is 232 g/mol. The third kappa shape index (κ3) is 2.68. The number of anilines is 3. The van der Waals surface area contributed by atoms with Crippen molar-refractivity contribution in [2.75, 3.05) is 16.8 Å². The summed E-state index contributed by atoms with van der Waals surface area (Å²) in [5.74, 6) is 0. The topological polar surface area (TPSA) is 77.0 Å². The van der Waals surface area contributed by atoms with Gasteiger partial charge < -0.3 is 16.8 Å². The molecule has 5 heteroatoms. The van der Waals surface area contributed by atoms with E-state index in [-0.39, 0.29) is 6.04 Å². The molecule has 17 heavy (non-hydrogen) atoms. The number of hydrogen-bond acceptors (Lipinski definition) is 5. The molecule has 1 atom stereocenters. The molecule has 0 radical (unpaired) electrons. The third-order valence-corrected chi connectivity index (χ3v) is 3.47. The van der Waals surface area contributed by atoms with Crippen LogP contribution in [0.2, 0.25) is 0 Å². The van der Waals surface area contributed by atoms with Gasteiger partial charge in [-0.3, -0.25) is 0 Å². The first kappa shape index (κ1) is 11.7. The summed E-state index contributed by atoms with van der Waals surface area (Å²) in [6, 6.07) is 5.82. The fraction of sp³-hybridized carbons (Fsp3) is 0.250. The zero-order valence-corrected chi connectivity index (χ0v) is 10.5. The molecule has 0 aliphatic carbocycles. The van der Waals surface area contributed by atoms with Gasteiger partial charge in [0, 0.05) is 17.3 Å². The van der Waals surface area contributed by atoms with E-state index >= 15 is 0 Å². The van der Waals surface area contributed by atoms with Crippen LogP contribution in [0.15, 0.2) is 29.8 Å². The van der Waals surface area contributed by atoms with Crippen molar-refractivity contribution >= 4 is 28.4 Å². The highest BCUT2D eigenvalue weighted by Crippen LogP contribution is 2.26. The Morgan fingerprint density at radius 2 is 2.18 bits per heavy atom. The van der Waals surface area contributed by atoms with Crippen molar-refractivity contribution in [3.8, 4) is 0 Å². The first-order chi connectivity index (χ1) is 8.20. The molecule has 0 bridgehead atoms. The van der Waals surface area contributed by atoms with Gasteiger partial charge in [-0.1, -0.05) is 6.92 Å². The second kappa shape index (κ2) is 5.05. The number of benzene rings is 1. The molecule has 0 spiro atoms. The molecule has 0 saturated heterocycles. The monoisotopic (exact) mass is 248 g/mol. The van der Waals surface area contributed by atoms with Crippen LogP contribution in [0.5, 0.6) is 0 Å². The first-order valence-electron chi connectivity index (χ1n) is 5.51. The fourth-order valence-electron chi connectivity index (χ4n) is 1.61. The summed E-state index contributed by atoms with van der Waals surface area (Å²) in [6.07, 6.45) is 2.79. The minimum absolute atomic E-state index is 0.220. The van der Waals surface area contributed by atoms with Crippen molar-refractivity contribution in [3.63, 3.8) is 0 Å². The number of nitrogen functional groups attached to an aromatic ring is 2. The zero-order chi connectivity index (χ0) is 12.3. The van der Waals surface area contributed by atoms with E-state index in [1.54, 1.807) is 11.3 Å². The molecule has 2 aromatic rings. The van der Waals surface area contributed by atoms with E-state index in [1.807, 2.05) is 29.8 Å². The van der Waals surface area contributed by atoms with E-state index in [0.29, 0.717) is 11.4 Å². The highest BCUT2D eigenvalue weighted by molar-refractivity contribution is 7.09. The summed E-state index contributed by atoms with van der Waals surface area (Å²) >= 11 is 1.65. The normalized spacial score (nSPS) is 12.3. The number of nitrogens with two attached hydrogens (primary N) is 2. The van der Waals surface area contributed by atoms with E-state index in [4.69, 9.17) is 11.5 Å². The second-order valence-electron chi connectivity index (χ2n) is 3.82. The molecule has 5 N–H and O–H groups in total. The van der Waals surface area contributed by atoms with Crippen molar-refractivity contribution in [1.29, 1.82) is 0 Å². The van der Waals surface area contributed by atoms with Crippen LogP contribution in [-0.2, 0) is 0 Å². The van der Waals surface area contributed by atoms with E-state index < -0.39 is 0 Å². The molecule has 4 nitrogen and oxygen atoms in total. The number of nitrogens with zero attached hydrogens (tertiary/aromatic N) is 1. The smallest absolute Gasteiger partial charge is 0.115 e. The van der Waals surface area contributed by atoms with Gasteiger partial charge in [-0.2, -0.15) is 0 Å². The molecule has 1 aromatic heterocycles. The summed E-state index contributed by atoms with van der Waals surface area (Å²) in [6.45, 7) is 2.12. The Morgan fingerprint density at radius 1 is 1.35 bits per heavy atom. The van der Waals surface area contributed by atoms with E-state index in [0.717, 1.165) is 17.1 Å². The molecule has 1 heterocycles. The summed E-state index contributed by atoms with van der Waals surface area (Å²) in [5, 5.41) is 6.48. The predicted octanol–water partition coefficient (Wildman–Crippen LogP) is 2.87. The van der Waals surface area contributed by atoms with Crippen LogP contribution in [-0.4, -0.2) is 4.98 Å². The lowest BCUT2D eigenvalue weighted by atomic mass is 10.2. The van der Waals surface area contributed by atoms with Crippen LogP contribution in [0.4, 0.5) is 17.1 Å². The van der Waals surface area contributed by atoms with Crippen molar-refractivity contribution in [2.24, 2.45) is 0 Å². The van der Waals surface area contributed by atoms with Gasteiger partial charge in [0.15, 0.2) is 0 Å². The van der Waals surface area contributed by atoms with Gasteiger partial charge in [0.25, 0.3) is 0 Å². The lowest BCUT2D eigenvalue weighted by Gasteiger charge is -2.16. The SMILES string of the molecule is CCC(Nc1ccc(N)c(N)c1)c1nccs1. The van der Waals surface area contributed by atoms with Gasteiger partial charge in [-0.25, -0.2) is 4.98 Å². The first-order valence-corrected chi connectivity index (χ1v) is 6.39. The lowest BCUT2D eigenvalue weighted by Crippen LogP contribution is -2.09. The Kier molecular flexibility index (Phi) is 3.49. The van der Waals surface area contributed by atoms with Crippen molar-refractivity contribution in [3.05, 3.63) is 34.8 Å². The molecule has 0 aliphatic rings. The molecule has 1 aromatic carbocycles. The summed E-state index contributed by atoms with van der Waals surface area (Å²) < 4.78 is 0. The maximum atomic E-state index is 5.78. The Morgan fingerprint density at radius 3 is 2.76 bits per heavy atom. The minimum Gasteiger partial charge on any atom is -0.397 e. The van der Waals surface area contributed by atoms with Gasteiger partial charge in [0.2, 0.25) is 0 Å². The average Bonchev–Trinajstić information content (AvgIpc) is 2.84. The Labute approximate surface area is 105 Å². The van der Waals surface area contributed by atoms with Crippen molar-refractivity contribution in [2.45, 2.75) is 19.4 Å². The number of nitrogens with one attached hydrogen (secondary N) is 1. The fourth-order valence-corrected chi connectivity index (χ4v) is 2.38. The summed E-state index contributed by atoms with van der Waals surface area (Å²) in [5.41, 5.74) is 13.6. The Hall–Kier alpha value is -1.75. The quantitative estimate of drug-likeness (QED) is 0.727. The maximum absolute atomic E-state index is 5.78. The van der Waals surface area contributed by atoms with Crippen LogP contribution in [0.1, 0.15) is 24.4 Å². The summed E-state index contributed by atoms with van der Waals surface area (Å²) in [7, 11) is 0. The molecule has 90 valence electrons. The molecule has 0 saturated carbocycles. The van der Waals surface area contributed by atoms with Crippen LogP contribution >= 0.6 is 11.3 Å². The number of rotatable bonds is 4. The van der Waals surface area contributed by atoms with Gasteiger partial charge in [-0.05, 0) is 24.6 Å². The largest absolute Gasteiger partial charge is 0.397 e. The van der Waals surface area contributed by atoms with E-state index in [9.17, 15) is 0 Å². The van der Waals surface area contributed by atoms with Crippen LogP contribution in [0.3, 0.4) is 0 Å². The number of thiazole rings is 1. The lowest BCUT2D eigenvalue weighted by molar-refractivity contribution is 0.742. The second-order valence-corrected chi connectivity index (χ2v) is 4.75. The third-order valence-electron chi connectivity index (χ3n) is 2.59. The molecule has 0 aliphatic heterocycles. The van der Waals surface area contributed by atoms with Gasteiger partial charge in [0.05, 0.1) is 17.4 Å². The molecule has 0 amide bonds. The van der Waals surface area contributed by atoms with Crippen molar-refractivity contribution < 1.29 is 0 Å². The van der Waals surface area contributed by atoms with Gasteiger partial charge in [0.1, 0.15) is 5.01 Å². The van der Waals surface area contributed by atoms with Crippen LogP contribution < -0.4 is 16.8 Å². The molecule has 1 unspecified atom stereocenters. The van der Waals surface area contributed by atoms with Gasteiger partial charge in [-0.15, -0.1) is 11.3 Å². The van der Waals surface area contributed by atoms with E-state index in [2.05, 4.69) is 17.2 Å². The maximum Gasteiger partial charge on any atom is 0.115 e. The molecular formula is C12H16N4S. The summed E-state index contributed by atoms with van der Waals surface area (Å²) in [4.78, 5) is 4.32. The van der Waals surface area contributed by atoms with Crippen LogP contribution in [0.25, 0.3) is 0 Å². The van der Waals surface area contributed by atoms with Gasteiger partial charge >= 0.3 is 0 Å². The molecule has 0 fully saturated rings. The predicted molar refractivity (Wildman–Crippen MR) is 74.0 cm³/mol. The Balaban J connectivity index is 2.16. The zero-order valence-electron chi connectivity index (χ0n) is 9.68. The average molecular weight is 248 g/mol. The minimum atomic E-state index is 0.220. The Bertz CT molecular complexity index is 481.